The first-order valence-corrected chi connectivity index (χ1v) is 10.7. The number of nitrogens with zero attached hydrogens (tertiary/aromatic N) is 2. The minimum Gasteiger partial charge on any atom is -0.343 e. The average Bonchev–Trinajstić information content (AvgIpc) is 3.11. The lowest BCUT2D eigenvalue weighted by molar-refractivity contribution is 0.599. The third-order valence-corrected chi connectivity index (χ3v) is 6.60. The van der Waals surface area contributed by atoms with E-state index in [0.717, 1.165) is 40.1 Å². The van der Waals surface area contributed by atoms with E-state index in [1.54, 1.807) is 18.0 Å². The van der Waals surface area contributed by atoms with Crippen LogP contribution < -0.4 is 0 Å². The van der Waals surface area contributed by atoms with Crippen LogP contribution in [0.3, 0.4) is 0 Å². The Morgan fingerprint density at radius 1 is 1.21 bits per heavy atom. The van der Waals surface area contributed by atoms with Gasteiger partial charge in [0.25, 0.3) is 0 Å². The Morgan fingerprint density at radius 3 is 2.67 bits per heavy atom. The summed E-state index contributed by atoms with van der Waals surface area (Å²) in [5, 5.41) is 1.60. The molecule has 4 rings (SSSR count). The number of fused-ring (bicyclic) bond motifs is 3. The molecule has 24 heavy (non-hydrogen) atoms. The Balaban J connectivity index is 1.98. The predicted molar refractivity (Wildman–Crippen MR) is 96.7 cm³/mol. The van der Waals surface area contributed by atoms with Gasteiger partial charge in [-0.05, 0) is 43.2 Å². The second kappa shape index (κ2) is 5.79. The van der Waals surface area contributed by atoms with Crippen molar-refractivity contribution >= 4 is 44.1 Å². The molecule has 0 amide bonds. The van der Waals surface area contributed by atoms with E-state index in [4.69, 9.17) is 11.6 Å². The van der Waals surface area contributed by atoms with Crippen LogP contribution in [0.2, 0.25) is 5.02 Å². The lowest BCUT2D eigenvalue weighted by atomic mass is 10.2. The number of benzene rings is 1. The highest BCUT2D eigenvalue weighted by atomic mass is 35.5. The maximum absolute atomic E-state index is 12.2. The van der Waals surface area contributed by atoms with Gasteiger partial charge in [-0.1, -0.05) is 23.4 Å². The Kier molecular flexibility index (Phi) is 3.86. The van der Waals surface area contributed by atoms with Crippen molar-refractivity contribution in [2.45, 2.75) is 34.2 Å². The number of sulfone groups is 1. The summed E-state index contributed by atoms with van der Waals surface area (Å²) >= 11 is 7.55. The largest absolute Gasteiger partial charge is 0.343 e. The molecule has 1 aliphatic rings. The Labute approximate surface area is 149 Å². The zero-order valence-electron chi connectivity index (χ0n) is 13.0. The highest BCUT2D eigenvalue weighted by Gasteiger charge is 2.27. The molecule has 0 unspecified atom stereocenters. The molecule has 0 fully saturated rings. The quantitative estimate of drug-likeness (QED) is 0.685. The van der Waals surface area contributed by atoms with Crippen molar-refractivity contribution in [3.05, 3.63) is 47.2 Å². The SMILES string of the molecule is CS(=O)(=O)c1nccc2c1c(Sc1ccc(Cl)cc1)c1n2CCC1. The summed E-state index contributed by atoms with van der Waals surface area (Å²) in [6, 6.07) is 9.50. The van der Waals surface area contributed by atoms with Crippen molar-refractivity contribution in [1.82, 2.24) is 9.55 Å². The number of pyridine rings is 1. The van der Waals surface area contributed by atoms with Crippen LogP contribution in [-0.2, 0) is 22.8 Å². The molecule has 4 nitrogen and oxygen atoms in total. The number of aryl methyl sites for hydroxylation is 1. The van der Waals surface area contributed by atoms with E-state index >= 15 is 0 Å². The first-order valence-electron chi connectivity index (χ1n) is 7.59. The van der Waals surface area contributed by atoms with Crippen LogP contribution in [0.4, 0.5) is 0 Å². The first kappa shape index (κ1) is 16.0. The minimum absolute atomic E-state index is 0.165. The van der Waals surface area contributed by atoms with E-state index in [2.05, 4.69) is 9.55 Å². The van der Waals surface area contributed by atoms with Gasteiger partial charge in [-0.3, -0.25) is 0 Å². The van der Waals surface area contributed by atoms with E-state index in [0.29, 0.717) is 5.02 Å². The van der Waals surface area contributed by atoms with Gasteiger partial charge in [0.2, 0.25) is 0 Å². The van der Waals surface area contributed by atoms with Gasteiger partial charge in [0.05, 0.1) is 10.9 Å². The highest BCUT2D eigenvalue weighted by Crippen LogP contribution is 2.43. The molecule has 0 spiro atoms. The van der Waals surface area contributed by atoms with Gasteiger partial charge in [-0.25, -0.2) is 13.4 Å². The summed E-state index contributed by atoms with van der Waals surface area (Å²) in [6.07, 6.45) is 4.83. The summed E-state index contributed by atoms with van der Waals surface area (Å²) < 4.78 is 26.7. The third kappa shape index (κ3) is 2.62. The monoisotopic (exact) mass is 378 g/mol. The molecule has 0 atom stereocenters. The lowest BCUT2D eigenvalue weighted by Gasteiger charge is -2.06. The van der Waals surface area contributed by atoms with Crippen LogP contribution in [0.25, 0.3) is 10.9 Å². The van der Waals surface area contributed by atoms with Gasteiger partial charge in [0.1, 0.15) is 0 Å². The number of aromatic nitrogens is 2. The summed E-state index contributed by atoms with van der Waals surface area (Å²) in [5.74, 6) is 0. The zero-order chi connectivity index (χ0) is 16.9. The number of hydrogen-bond donors (Lipinski definition) is 0. The molecule has 0 saturated carbocycles. The molecule has 0 aliphatic carbocycles. The average molecular weight is 379 g/mol. The molecule has 0 N–H and O–H groups in total. The molecule has 0 radical (unpaired) electrons. The molecule has 0 saturated heterocycles. The van der Waals surface area contributed by atoms with Crippen LogP contribution in [-0.4, -0.2) is 24.2 Å². The van der Waals surface area contributed by atoms with Crippen LogP contribution in [0.15, 0.2) is 51.3 Å². The fourth-order valence-corrected chi connectivity index (χ4v) is 5.37. The zero-order valence-corrected chi connectivity index (χ0v) is 15.4. The van der Waals surface area contributed by atoms with Crippen molar-refractivity contribution in [2.75, 3.05) is 6.26 Å². The summed E-state index contributed by atoms with van der Waals surface area (Å²) in [5.41, 5.74) is 2.15. The maximum Gasteiger partial charge on any atom is 0.193 e. The molecular formula is C17H15ClN2O2S2. The number of halogens is 1. The van der Waals surface area contributed by atoms with Crippen molar-refractivity contribution < 1.29 is 8.42 Å². The molecule has 0 bridgehead atoms. The van der Waals surface area contributed by atoms with Gasteiger partial charge in [-0.15, -0.1) is 0 Å². The standard InChI is InChI=1S/C17H15ClN2O2S2/c1-24(21,22)17-15-13(8-9-19-17)20-10-2-3-14(20)16(15)23-12-6-4-11(18)5-7-12/h4-9H,2-3,10H2,1H3. The van der Waals surface area contributed by atoms with Gasteiger partial charge in [-0.2, -0.15) is 0 Å². The van der Waals surface area contributed by atoms with Crippen molar-refractivity contribution in [3.63, 3.8) is 0 Å². The van der Waals surface area contributed by atoms with Gasteiger partial charge >= 0.3 is 0 Å². The molecule has 1 aliphatic heterocycles. The summed E-state index contributed by atoms with van der Waals surface area (Å²) in [4.78, 5) is 6.20. The first-order chi connectivity index (χ1) is 11.4. The maximum atomic E-state index is 12.2. The topological polar surface area (TPSA) is 52.0 Å². The fourth-order valence-electron chi connectivity index (χ4n) is 3.20. The fraction of sp³-hybridized carbons (Fsp3) is 0.235. The van der Waals surface area contributed by atoms with E-state index < -0.39 is 9.84 Å². The van der Waals surface area contributed by atoms with Crippen LogP contribution in [0, 0.1) is 0 Å². The number of hydrogen-bond acceptors (Lipinski definition) is 4. The van der Waals surface area contributed by atoms with Gasteiger partial charge < -0.3 is 4.57 Å². The van der Waals surface area contributed by atoms with E-state index in [1.807, 2.05) is 30.3 Å². The van der Waals surface area contributed by atoms with Crippen LogP contribution in [0.1, 0.15) is 12.1 Å². The van der Waals surface area contributed by atoms with Crippen LogP contribution >= 0.6 is 23.4 Å². The van der Waals surface area contributed by atoms with Crippen molar-refractivity contribution in [3.8, 4) is 0 Å². The Hall–Kier alpha value is -1.50. The molecule has 124 valence electrons. The van der Waals surface area contributed by atoms with E-state index in [-0.39, 0.29) is 5.03 Å². The molecule has 2 aromatic heterocycles. The normalized spacial score (nSPS) is 14.2. The highest BCUT2D eigenvalue weighted by molar-refractivity contribution is 7.99. The number of rotatable bonds is 3. The van der Waals surface area contributed by atoms with Gasteiger partial charge in [0.15, 0.2) is 14.9 Å². The summed E-state index contributed by atoms with van der Waals surface area (Å²) in [7, 11) is -3.40. The molecular weight excluding hydrogens is 364 g/mol. The third-order valence-electron chi connectivity index (χ3n) is 4.18. The van der Waals surface area contributed by atoms with Crippen molar-refractivity contribution in [2.24, 2.45) is 0 Å². The minimum atomic E-state index is -3.40. The lowest BCUT2D eigenvalue weighted by Crippen LogP contribution is -2.01. The Bertz CT molecular complexity index is 1040. The second-order valence-corrected chi connectivity index (χ2v) is 9.32. The van der Waals surface area contributed by atoms with E-state index in [1.165, 1.54) is 11.9 Å². The predicted octanol–water partition coefficient (Wildman–Crippen LogP) is 4.19. The molecule has 7 heteroatoms. The van der Waals surface area contributed by atoms with Crippen LogP contribution in [0.5, 0.6) is 0 Å². The second-order valence-electron chi connectivity index (χ2n) is 5.87. The van der Waals surface area contributed by atoms with E-state index in [9.17, 15) is 8.42 Å². The molecule has 3 heterocycles. The van der Waals surface area contributed by atoms with Gasteiger partial charge in [0, 0.05) is 39.5 Å². The molecule has 1 aromatic carbocycles. The summed E-state index contributed by atoms with van der Waals surface area (Å²) in [6.45, 7) is 0.917. The molecule has 3 aromatic rings. The Morgan fingerprint density at radius 2 is 1.96 bits per heavy atom. The smallest absolute Gasteiger partial charge is 0.193 e. The van der Waals surface area contributed by atoms with Crippen molar-refractivity contribution in [1.29, 1.82) is 0 Å².